The van der Waals surface area contributed by atoms with Gasteiger partial charge in [-0.3, -0.25) is 9.59 Å². The summed E-state index contributed by atoms with van der Waals surface area (Å²) in [6.45, 7) is 1.40. The molecule has 7 heteroatoms. The highest BCUT2D eigenvalue weighted by molar-refractivity contribution is 5.95. The van der Waals surface area contributed by atoms with Gasteiger partial charge in [0, 0.05) is 26.3 Å². The van der Waals surface area contributed by atoms with Crippen molar-refractivity contribution >= 4 is 11.8 Å². The number of fused-ring (bicyclic) bond motifs is 3. The number of carbonyl (C=O) groups excluding carboxylic acids is 2. The monoisotopic (exact) mass is 291 g/mol. The van der Waals surface area contributed by atoms with Crippen LogP contribution in [0, 0.1) is 5.92 Å². The van der Waals surface area contributed by atoms with Crippen LogP contribution >= 0.6 is 0 Å². The average molecular weight is 291 g/mol. The maximum absolute atomic E-state index is 12.6. The minimum atomic E-state index is -0.364. The summed E-state index contributed by atoms with van der Waals surface area (Å²) >= 11 is 0. The molecular formula is C14H17N3O4. The largest absolute Gasteiger partial charge is 0.505 e. The van der Waals surface area contributed by atoms with E-state index in [1.54, 1.807) is 22.9 Å². The second-order valence-electron chi connectivity index (χ2n) is 5.42. The van der Waals surface area contributed by atoms with Gasteiger partial charge in [-0.2, -0.15) is 0 Å². The van der Waals surface area contributed by atoms with Crippen molar-refractivity contribution in [3.63, 3.8) is 0 Å². The Labute approximate surface area is 122 Å². The molecule has 2 atom stereocenters. The fourth-order valence-corrected chi connectivity index (χ4v) is 2.78. The topological polar surface area (TPSA) is 83.0 Å². The molecule has 2 fully saturated rings. The van der Waals surface area contributed by atoms with Crippen molar-refractivity contribution in [2.75, 3.05) is 33.4 Å². The predicted molar refractivity (Wildman–Crippen MR) is 72.7 cm³/mol. The number of aromatic hydroxyl groups is 1. The first kappa shape index (κ1) is 13.8. The van der Waals surface area contributed by atoms with Crippen LogP contribution in [0.15, 0.2) is 18.3 Å². The van der Waals surface area contributed by atoms with E-state index in [1.165, 1.54) is 12.3 Å². The van der Waals surface area contributed by atoms with Gasteiger partial charge in [0.15, 0.2) is 5.69 Å². The minimum Gasteiger partial charge on any atom is -0.505 e. The molecule has 0 unspecified atom stereocenters. The summed E-state index contributed by atoms with van der Waals surface area (Å²) in [5.74, 6) is -0.865. The molecule has 3 rings (SSSR count). The van der Waals surface area contributed by atoms with Gasteiger partial charge in [0.05, 0.1) is 25.2 Å². The lowest BCUT2D eigenvalue weighted by Gasteiger charge is -2.29. The van der Waals surface area contributed by atoms with Gasteiger partial charge in [-0.15, -0.1) is 0 Å². The molecule has 3 heterocycles. The molecule has 1 N–H and O–H groups in total. The molecule has 2 amide bonds. The van der Waals surface area contributed by atoms with Crippen LogP contribution in [0.1, 0.15) is 10.5 Å². The quantitative estimate of drug-likeness (QED) is 0.769. The summed E-state index contributed by atoms with van der Waals surface area (Å²) in [7, 11) is 1.74. The van der Waals surface area contributed by atoms with Gasteiger partial charge in [0.25, 0.3) is 5.91 Å². The van der Waals surface area contributed by atoms with Crippen molar-refractivity contribution in [1.82, 2.24) is 14.8 Å². The first-order valence-electron chi connectivity index (χ1n) is 6.85. The number of likely N-dealkylation sites (N-methyl/N-ethyl adjacent to an activating group) is 1. The molecule has 7 nitrogen and oxygen atoms in total. The molecule has 0 spiro atoms. The second-order valence-corrected chi connectivity index (χ2v) is 5.42. The number of pyridine rings is 1. The van der Waals surface area contributed by atoms with Crippen LogP contribution in [0.3, 0.4) is 0 Å². The fraction of sp³-hybridized carbons (Fsp3) is 0.500. The molecule has 21 heavy (non-hydrogen) atoms. The molecule has 2 aliphatic rings. The van der Waals surface area contributed by atoms with Crippen LogP contribution in [0.2, 0.25) is 0 Å². The van der Waals surface area contributed by atoms with Crippen LogP contribution in [0.5, 0.6) is 5.75 Å². The van der Waals surface area contributed by atoms with E-state index in [4.69, 9.17) is 4.74 Å². The Morgan fingerprint density at radius 2 is 2.24 bits per heavy atom. The number of hydrogen-bond donors (Lipinski definition) is 1. The van der Waals surface area contributed by atoms with Crippen LogP contribution in [0.4, 0.5) is 0 Å². The van der Waals surface area contributed by atoms with Crippen LogP contribution in [-0.4, -0.2) is 71.1 Å². The van der Waals surface area contributed by atoms with Crippen molar-refractivity contribution in [3.05, 3.63) is 24.0 Å². The summed E-state index contributed by atoms with van der Waals surface area (Å²) in [6.07, 6.45) is 1.46. The first-order chi connectivity index (χ1) is 10.1. The van der Waals surface area contributed by atoms with Gasteiger partial charge in [-0.05, 0) is 12.1 Å². The number of nitrogens with zero attached hydrogens (tertiary/aromatic N) is 3. The smallest absolute Gasteiger partial charge is 0.276 e. The maximum atomic E-state index is 12.6. The molecule has 0 saturated carbocycles. The summed E-state index contributed by atoms with van der Waals surface area (Å²) in [5.41, 5.74) is 0.0218. The Bertz CT molecular complexity index is 577. The average Bonchev–Trinajstić information content (AvgIpc) is 2.65. The van der Waals surface area contributed by atoms with E-state index in [2.05, 4.69) is 4.98 Å². The summed E-state index contributed by atoms with van der Waals surface area (Å²) < 4.78 is 5.49. The molecule has 0 radical (unpaired) electrons. The highest BCUT2D eigenvalue weighted by Gasteiger charge is 2.39. The Morgan fingerprint density at radius 1 is 1.43 bits per heavy atom. The van der Waals surface area contributed by atoms with Crippen LogP contribution in [0.25, 0.3) is 0 Å². The normalized spacial score (nSPS) is 25.7. The number of amides is 2. The molecule has 2 saturated heterocycles. The van der Waals surface area contributed by atoms with Crippen molar-refractivity contribution in [2.24, 2.45) is 5.92 Å². The zero-order chi connectivity index (χ0) is 15.0. The van der Waals surface area contributed by atoms with Crippen molar-refractivity contribution in [1.29, 1.82) is 0 Å². The molecule has 2 bridgehead atoms. The van der Waals surface area contributed by atoms with Gasteiger partial charge in [-0.25, -0.2) is 4.98 Å². The summed E-state index contributed by atoms with van der Waals surface area (Å²) in [6, 6.07) is 2.83. The number of aromatic nitrogens is 1. The Kier molecular flexibility index (Phi) is 3.50. The minimum absolute atomic E-state index is 0.00181. The van der Waals surface area contributed by atoms with Crippen LogP contribution < -0.4 is 0 Å². The molecule has 1 aromatic heterocycles. The molecule has 1 aromatic rings. The third kappa shape index (κ3) is 2.44. The van der Waals surface area contributed by atoms with Gasteiger partial charge < -0.3 is 19.6 Å². The zero-order valence-corrected chi connectivity index (χ0v) is 11.7. The molecule has 112 valence electrons. The van der Waals surface area contributed by atoms with Crippen molar-refractivity contribution in [3.8, 4) is 5.75 Å². The lowest BCUT2D eigenvalue weighted by molar-refractivity contribution is -0.133. The van der Waals surface area contributed by atoms with Crippen molar-refractivity contribution in [2.45, 2.75) is 6.04 Å². The number of ether oxygens (including phenoxy) is 1. The second kappa shape index (κ2) is 5.33. The predicted octanol–water partition coefficient (Wildman–Crippen LogP) is -0.284. The number of hydrogen-bond acceptors (Lipinski definition) is 5. The van der Waals surface area contributed by atoms with E-state index in [0.29, 0.717) is 19.8 Å². The van der Waals surface area contributed by atoms with Gasteiger partial charge >= 0.3 is 0 Å². The lowest BCUT2D eigenvalue weighted by atomic mass is 10.1. The van der Waals surface area contributed by atoms with Gasteiger partial charge in [0.1, 0.15) is 5.75 Å². The van der Waals surface area contributed by atoms with Crippen LogP contribution in [-0.2, 0) is 9.53 Å². The standard InChI is InChI=1S/C14H17N3O4/c1-16-10-6-17(5-9(13(16)19)7-21-8-10)14(20)12-11(18)3-2-4-15-12/h2-4,9-10,18H,5-8H2,1H3/t9-,10+/m1/s1. The third-order valence-electron chi connectivity index (χ3n) is 4.02. The summed E-state index contributed by atoms with van der Waals surface area (Å²) in [5, 5.41) is 9.78. The molecular weight excluding hydrogens is 274 g/mol. The molecule has 0 aromatic carbocycles. The Balaban J connectivity index is 1.88. The highest BCUT2D eigenvalue weighted by Crippen LogP contribution is 2.22. The Morgan fingerprint density at radius 3 is 3.00 bits per heavy atom. The summed E-state index contributed by atoms with van der Waals surface area (Å²) in [4.78, 5) is 32.0. The SMILES string of the molecule is CN1C(=O)[C@H]2COC[C@@H]1CN(C(=O)c1ncccc1O)C2. The third-order valence-corrected chi connectivity index (χ3v) is 4.02. The van der Waals surface area contributed by atoms with Gasteiger partial charge in [0.2, 0.25) is 5.91 Å². The number of rotatable bonds is 1. The zero-order valence-electron chi connectivity index (χ0n) is 11.7. The van der Waals surface area contributed by atoms with E-state index in [-0.39, 0.29) is 41.8 Å². The fourth-order valence-electron chi connectivity index (χ4n) is 2.78. The maximum Gasteiger partial charge on any atom is 0.276 e. The Hall–Kier alpha value is -2.15. The van der Waals surface area contributed by atoms with E-state index in [9.17, 15) is 14.7 Å². The molecule has 0 aliphatic carbocycles. The van der Waals surface area contributed by atoms with E-state index in [0.717, 1.165) is 0 Å². The van der Waals surface area contributed by atoms with Gasteiger partial charge in [-0.1, -0.05) is 0 Å². The van der Waals surface area contributed by atoms with E-state index < -0.39 is 0 Å². The molecule has 2 aliphatic heterocycles. The van der Waals surface area contributed by atoms with E-state index in [1.807, 2.05) is 0 Å². The highest BCUT2D eigenvalue weighted by atomic mass is 16.5. The van der Waals surface area contributed by atoms with E-state index >= 15 is 0 Å². The first-order valence-corrected chi connectivity index (χ1v) is 6.85. The lowest BCUT2D eigenvalue weighted by Crippen LogP contribution is -2.45. The number of carbonyl (C=O) groups is 2. The van der Waals surface area contributed by atoms with Crippen molar-refractivity contribution < 1.29 is 19.4 Å².